The molecule has 0 atom stereocenters. The second-order valence-corrected chi connectivity index (χ2v) is 9.76. The van der Waals surface area contributed by atoms with E-state index in [2.05, 4.69) is 110 Å². The molecule has 0 aliphatic carbocycles. The van der Waals surface area contributed by atoms with Crippen molar-refractivity contribution in [1.29, 1.82) is 0 Å². The molecule has 5 aromatic rings. The Morgan fingerprint density at radius 3 is 2.05 bits per heavy atom. The van der Waals surface area contributed by atoms with Gasteiger partial charge in [0, 0.05) is 50.6 Å². The van der Waals surface area contributed by atoms with E-state index in [1.54, 1.807) is 6.33 Å². The predicted octanol–water partition coefficient (Wildman–Crippen LogP) is 5.06. The summed E-state index contributed by atoms with van der Waals surface area (Å²) in [5.41, 5.74) is 6.07. The molecular weight excluding hydrogens is 472 g/mol. The Labute approximate surface area is 223 Å². The molecule has 1 aliphatic heterocycles. The maximum atomic E-state index is 4.99. The van der Waals surface area contributed by atoms with Crippen LogP contribution in [-0.4, -0.2) is 58.1 Å². The molecule has 1 aliphatic rings. The van der Waals surface area contributed by atoms with E-state index in [1.165, 1.54) is 16.8 Å². The number of H-pyrrole nitrogens is 1. The van der Waals surface area contributed by atoms with Crippen molar-refractivity contribution in [3.63, 3.8) is 0 Å². The lowest BCUT2D eigenvalue weighted by atomic mass is 10.1. The quantitative estimate of drug-likeness (QED) is 0.306. The summed E-state index contributed by atoms with van der Waals surface area (Å²) in [5.74, 6) is 1.33. The Kier molecular flexibility index (Phi) is 6.87. The zero-order valence-corrected chi connectivity index (χ0v) is 21.6. The van der Waals surface area contributed by atoms with Crippen molar-refractivity contribution in [3.8, 4) is 0 Å². The van der Waals surface area contributed by atoms with E-state index in [9.17, 15) is 0 Å². The molecule has 1 saturated heterocycles. The molecule has 3 heterocycles. The SMILES string of the molecule is CN1CCN(c2ccc(Nc3nc(N(Cc4ccccc4)Cc4ccccc4)c4nc[nH]c4n3)cc2)CC1. The fraction of sp³-hybridized carbons (Fsp3) is 0.233. The number of nitrogens with zero attached hydrogens (tertiary/aromatic N) is 6. The summed E-state index contributed by atoms with van der Waals surface area (Å²) < 4.78 is 0. The number of piperazine rings is 1. The monoisotopic (exact) mass is 504 g/mol. The highest BCUT2D eigenvalue weighted by Gasteiger charge is 2.19. The number of likely N-dealkylation sites (N-methyl/N-ethyl adjacent to an activating group) is 1. The molecule has 192 valence electrons. The minimum atomic E-state index is 0.537. The van der Waals surface area contributed by atoms with Crippen LogP contribution >= 0.6 is 0 Å². The summed E-state index contributed by atoms with van der Waals surface area (Å²) >= 11 is 0. The van der Waals surface area contributed by atoms with Gasteiger partial charge in [-0.15, -0.1) is 0 Å². The number of aromatic amines is 1. The highest BCUT2D eigenvalue weighted by atomic mass is 15.3. The first-order valence-corrected chi connectivity index (χ1v) is 13.1. The van der Waals surface area contributed by atoms with Crippen molar-refractivity contribution in [2.45, 2.75) is 13.1 Å². The molecule has 38 heavy (non-hydrogen) atoms. The Balaban J connectivity index is 1.29. The minimum Gasteiger partial charge on any atom is -0.369 e. The molecule has 0 radical (unpaired) electrons. The Morgan fingerprint density at radius 2 is 1.42 bits per heavy atom. The van der Waals surface area contributed by atoms with Gasteiger partial charge < -0.3 is 25.0 Å². The Morgan fingerprint density at radius 1 is 0.789 bits per heavy atom. The largest absolute Gasteiger partial charge is 0.369 e. The van der Waals surface area contributed by atoms with Crippen molar-refractivity contribution in [2.24, 2.45) is 0 Å². The standard InChI is InChI=1S/C30H32N8/c1-36-16-18-37(19-17-36)26-14-12-25(13-15-26)33-30-34-28-27(31-22-32-28)29(35-30)38(20-23-8-4-2-5-9-23)21-24-10-6-3-7-11-24/h2-15,22H,16-21H2,1H3,(H2,31,32,33,34,35). The number of hydrogen-bond donors (Lipinski definition) is 2. The van der Waals surface area contributed by atoms with Gasteiger partial charge in [0.25, 0.3) is 0 Å². The van der Waals surface area contributed by atoms with Crippen LogP contribution in [-0.2, 0) is 13.1 Å². The molecule has 8 heteroatoms. The van der Waals surface area contributed by atoms with Crippen molar-refractivity contribution in [1.82, 2.24) is 24.8 Å². The van der Waals surface area contributed by atoms with E-state index in [-0.39, 0.29) is 0 Å². The van der Waals surface area contributed by atoms with Gasteiger partial charge in [-0.05, 0) is 42.4 Å². The number of nitrogens with one attached hydrogen (secondary N) is 2. The third kappa shape index (κ3) is 5.45. The summed E-state index contributed by atoms with van der Waals surface area (Å²) in [4.78, 5) is 24.5. The maximum absolute atomic E-state index is 4.99. The summed E-state index contributed by atoms with van der Waals surface area (Å²) in [6.07, 6.45) is 1.68. The summed E-state index contributed by atoms with van der Waals surface area (Å²) in [6.45, 7) is 5.67. The van der Waals surface area contributed by atoms with Crippen molar-refractivity contribution >= 4 is 34.3 Å². The van der Waals surface area contributed by atoms with Gasteiger partial charge in [0.15, 0.2) is 17.0 Å². The second-order valence-electron chi connectivity index (χ2n) is 9.76. The number of rotatable bonds is 8. The molecule has 2 aromatic heterocycles. The molecule has 6 rings (SSSR count). The maximum Gasteiger partial charge on any atom is 0.231 e. The fourth-order valence-corrected chi connectivity index (χ4v) is 4.86. The van der Waals surface area contributed by atoms with Gasteiger partial charge >= 0.3 is 0 Å². The summed E-state index contributed by atoms with van der Waals surface area (Å²) in [6, 6.07) is 29.4. The summed E-state index contributed by atoms with van der Waals surface area (Å²) in [7, 11) is 2.18. The third-order valence-corrected chi connectivity index (χ3v) is 6.98. The van der Waals surface area contributed by atoms with Gasteiger partial charge in [-0.2, -0.15) is 9.97 Å². The lowest BCUT2D eigenvalue weighted by Crippen LogP contribution is -2.44. The van der Waals surface area contributed by atoms with Crippen molar-refractivity contribution in [2.75, 3.05) is 48.3 Å². The van der Waals surface area contributed by atoms with Crippen LogP contribution in [0.2, 0.25) is 0 Å². The lowest BCUT2D eigenvalue weighted by molar-refractivity contribution is 0.313. The van der Waals surface area contributed by atoms with Gasteiger partial charge in [0.05, 0.1) is 6.33 Å². The van der Waals surface area contributed by atoms with Crippen LogP contribution in [0.25, 0.3) is 11.2 Å². The number of anilines is 4. The normalized spacial score (nSPS) is 14.1. The average molecular weight is 505 g/mol. The molecule has 8 nitrogen and oxygen atoms in total. The number of aromatic nitrogens is 4. The smallest absolute Gasteiger partial charge is 0.231 e. The highest BCUT2D eigenvalue weighted by molar-refractivity contribution is 5.84. The highest BCUT2D eigenvalue weighted by Crippen LogP contribution is 2.28. The predicted molar refractivity (Wildman–Crippen MR) is 154 cm³/mol. The molecule has 0 spiro atoms. The lowest BCUT2D eigenvalue weighted by Gasteiger charge is -2.34. The van der Waals surface area contributed by atoms with E-state index in [0.717, 1.165) is 43.2 Å². The third-order valence-electron chi connectivity index (χ3n) is 6.98. The molecular formula is C30H32N8. The molecule has 0 amide bonds. The van der Waals surface area contributed by atoms with Crippen LogP contribution in [0, 0.1) is 0 Å². The average Bonchev–Trinajstić information content (AvgIpc) is 3.43. The first kappa shape index (κ1) is 23.9. The number of hydrogen-bond acceptors (Lipinski definition) is 7. The van der Waals surface area contributed by atoms with E-state index in [4.69, 9.17) is 9.97 Å². The van der Waals surface area contributed by atoms with E-state index in [1.807, 2.05) is 12.1 Å². The molecule has 1 fully saturated rings. The summed E-state index contributed by atoms with van der Waals surface area (Å²) in [5, 5.41) is 3.42. The first-order chi connectivity index (χ1) is 18.7. The van der Waals surface area contributed by atoms with Crippen LogP contribution in [0.4, 0.5) is 23.1 Å². The van der Waals surface area contributed by atoms with Crippen LogP contribution in [0.3, 0.4) is 0 Å². The number of fused-ring (bicyclic) bond motifs is 1. The molecule has 0 saturated carbocycles. The molecule has 0 unspecified atom stereocenters. The van der Waals surface area contributed by atoms with Gasteiger partial charge in [-0.25, -0.2) is 4.98 Å². The Bertz CT molecular complexity index is 1420. The zero-order valence-electron chi connectivity index (χ0n) is 21.6. The van der Waals surface area contributed by atoms with E-state index in [0.29, 0.717) is 24.7 Å². The van der Waals surface area contributed by atoms with Crippen LogP contribution in [0.1, 0.15) is 11.1 Å². The van der Waals surface area contributed by atoms with Crippen LogP contribution in [0.15, 0.2) is 91.3 Å². The number of imidazole rings is 1. The van der Waals surface area contributed by atoms with Gasteiger partial charge in [-0.3, -0.25) is 0 Å². The topological polar surface area (TPSA) is 76.2 Å². The number of benzene rings is 3. The molecule has 0 bridgehead atoms. The molecule has 2 N–H and O–H groups in total. The minimum absolute atomic E-state index is 0.537. The van der Waals surface area contributed by atoms with Crippen LogP contribution < -0.4 is 15.1 Å². The van der Waals surface area contributed by atoms with Crippen molar-refractivity contribution in [3.05, 3.63) is 102 Å². The Hall–Kier alpha value is -4.43. The van der Waals surface area contributed by atoms with Crippen LogP contribution in [0.5, 0.6) is 0 Å². The van der Waals surface area contributed by atoms with Crippen molar-refractivity contribution < 1.29 is 0 Å². The fourth-order valence-electron chi connectivity index (χ4n) is 4.86. The van der Waals surface area contributed by atoms with E-state index >= 15 is 0 Å². The van der Waals surface area contributed by atoms with Gasteiger partial charge in [0.2, 0.25) is 5.95 Å². The van der Waals surface area contributed by atoms with E-state index < -0.39 is 0 Å². The first-order valence-electron chi connectivity index (χ1n) is 13.1. The second kappa shape index (κ2) is 10.9. The molecule has 3 aromatic carbocycles. The van der Waals surface area contributed by atoms with Gasteiger partial charge in [-0.1, -0.05) is 60.7 Å². The zero-order chi connectivity index (χ0) is 25.7. The van der Waals surface area contributed by atoms with Gasteiger partial charge in [0.1, 0.15) is 0 Å².